The summed E-state index contributed by atoms with van der Waals surface area (Å²) in [6.45, 7) is 2.29. The van der Waals surface area contributed by atoms with E-state index in [2.05, 4.69) is 0 Å². The number of carbonyl (C=O) groups is 2. The van der Waals surface area contributed by atoms with Crippen LogP contribution in [0.4, 0.5) is 0 Å². The molecule has 11 nitrogen and oxygen atoms in total. The standard InChI is InChI=1S/C47H48O11/c1-32-41(58-46(49)37-25-15-6-16-26-37)38(56-45(48)36-23-13-5-14-24-36)27-40(55-32)51-31-39-42(52-28-33-17-7-2-8-18-33)43(53-29-34-19-9-3-10-20-34)44(47(50)57-39)54-30-35-21-11-4-12-22-35/h2-26,32,38-44,47,50H,27-31H2,1H3/t32-,38-,39-,40-,41-,42-,43+,44-,47+/m1/s1. The van der Waals surface area contributed by atoms with E-state index < -0.39 is 67.2 Å². The quantitative estimate of drug-likeness (QED) is 0.103. The van der Waals surface area contributed by atoms with Crippen molar-refractivity contribution in [3.8, 4) is 0 Å². The van der Waals surface area contributed by atoms with Crippen LogP contribution in [0.25, 0.3) is 0 Å². The van der Waals surface area contributed by atoms with E-state index in [1.165, 1.54) is 0 Å². The third-order valence-electron chi connectivity index (χ3n) is 10.1. The lowest BCUT2D eigenvalue weighted by Gasteiger charge is -2.45. The Morgan fingerprint density at radius 3 is 1.47 bits per heavy atom. The highest BCUT2D eigenvalue weighted by atomic mass is 16.7. The van der Waals surface area contributed by atoms with Gasteiger partial charge in [-0.25, -0.2) is 9.59 Å². The molecule has 0 aromatic heterocycles. The molecule has 2 aliphatic heterocycles. The summed E-state index contributed by atoms with van der Waals surface area (Å²) in [5, 5.41) is 11.6. The Bertz CT molecular complexity index is 1980. The molecule has 2 fully saturated rings. The second kappa shape index (κ2) is 20.4. The van der Waals surface area contributed by atoms with Gasteiger partial charge in [-0.2, -0.15) is 0 Å². The first-order chi connectivity index (χ1) is 28.4. The van der Waals surface area contributed by atoms with Gasteiger partial charge >= 0.3 is 11.9 Å². The molecule has 302 valence electrons. The molecule has 0 amide bonds. The van der Waals surface area contributed by atoms with E-state index in [9.17, 15) is 14.7 Å². The topological polar surface area (TPSA) is 128 Å². The molecular formula is C47H48O11. The van der Waals surface area contributed by atoms with Crippen LogP contribution in [-0.4, -0.2) is 79.0 Å². The fourth-order valence-electron chi connectivity index (χ4n) is 7.04. The number of hydrogen-bond donors (Lipinski definition) is 1. The van der Waals surface area contributed by atoms with Crippen molar-refractivity contribution in [3.63, 3.8) is 0 Å². The van der Waals surface area contributed by atoms with Gasteiger partial charge in [0, 0.05) is 6.42 Å². The number of rotatable bonds is 16. The lowest BCUT2D eigenvalue weighted by molar-refractivity contribution is -0.326. The van der Waals surface area contributed by atoms with E-state index in [1.54, 1.807) is 67.6 Å². The molecule has 58 heavy (non-hydrogen) atoms. The van der Waals surface area contributed by atoms with Crippen LogP contribution >= 0.6 is 0 Å². The Morgan fingerprint density at radius 2 is 0.966 bits per heavy atom. The molecule has 1 N–H and O–H groups in total. The van der Waals surface area contributed by atoms with E-state index in [1.807, 2.05) is 91.0 Å². The maximum Gasteiger partial charge on any atom is 0.338 e. The predicted molar refractivity (Wildman–Crippen MR) is 212 cm³/mol. The van der Waals surface area contributed by atoms with Crippen molar-refractivity contribution in [3.05, 3.63) is 179 Å². The van der Waals surface area contributed by atoms with E-state index in [4.69, 9.17) is 37.9 Å². The Hall–Kier alpha value is -5.24. The van der Waals surface area contributed by atoms with Gasteiger partial charge in [-0.05, 0) is 47.9 Å². The molecule has 7 rings (SSSR count). The number of carbonyl (C=O) groups excluding carboxylic acids is 2. The minimum Gasteiger partial charge on any atom is -0.455 e. The summed E-state index contributed by atoms with van der Waals surface area (Å²) in [6.07, 6.45) is -8.22. The molecule has 11 heteroatoms. The fourth-order valence-corrected chi connectivity index (χ4v) is 7.04. The lowest BCUT2D eigenvalue weighted by atomic mass is 9.97. The SMILES string of the molecule is C[C@H]1O[C@@H](OC[C@H]2O[C@H](O)[C@H](OCc3ccccc3)[C@@H](OCc3ccccc3)[C@@H]2OCc2ccccc2)C[C@@H](OC(=O)c2ccccc2)[C@@H]1OC(=O)c1ccccc1. The van der Waals surface area contributed by atoms with Crippen molar-refractivity contribution in [1.82, 2.24) is 0 Å². The Labute approximate surface area is 338 Å². The zero-order valence-electron chi connectivity index (χ0n) is 32.2. The summed E-state index contributed by atoms with van der Waals surface area (Å²) in [5.74, 6) is -1.15. The minimum absolute atomic E-state index is 0.0389. The molecule has 2 saturated heterocycles. The molecule has 0 unspecified atom stereocenters. The van der Waals surface area contributed by atoms with Gasteiger partial charge in [-0.15, -0.1) is 0 Å². The number of esters is 2. The molecule has 0 spiro atoms. The Kier molecular flexibility index (Phi) is 14.4. The van der Waals surface area contributed by atoms with Gasteiger partial charge in [-0.3, -0.25) is 0 Å². The minimum atomic E-state index is -1.40. The van der Waals surface area contributed by atoms with Crippen molar-refractivity contribution in [2.24, 2.45) is 0 Å². The number of ether oxygens (including phenoxy) is 8. The van der Waals surface area contributed by atoms with Crippen LogP contribution in [0.2, 0.25) is 0 Å². The van der Waals surface area contributed by atoms with Crippen molar-refractivity contribution >= 4 is 11.9 Å². The molecular weight excluding hydrogens is 741 g/mol. The first-order valence-electron chi connectivity index (χ1n) is 19.5. The highest BCUT2D eigenvalue weighted by Gasteiger charge is 2.49. The molecule has 0 radical (unpaired) electrons. The molecule has 2 heterocycles. The van der Waals surface area contributed by atoms with Crippen molar-refractivity contribution in [2.75, 3.05) is 6.61 Å². The van der Waals surface area contributed by atoms with Gasteiger partial charge in [0.2, 0.25) is 0 Å². The summed E-state index contributed by atoms with van der Waals surface area (Å²) in [5.41, 5.74) is 3.48. The maximum absolute atomic E-state index is 13.3. The van der Waals surface area contributed by atoms with Gasteiger partial charge in [0.1, 0.15) is 30.5 Å². The van der Waals surface area contributed by atoms with Gasteiger partial charge in [0.15, 0.2) is 18.7 Å². The lowest BCUT2D eigenvalue weighted by Crippen LogP contribution is -2.61. The highest BCUT2D eigenvalue weighted by Crippen LogP contribution is 2.32. The van der Waals surface area contributed by atoms with Crippen LogP contribution in [0.15, 0.2) is 152 Å². The summed E-state index contributed by atoms with van der Waals surface area (Å²) < 4.78 is 50.4. The summed E-state index contributed by atoms with van der Waals surface area (Å²) in [7, 11) is 0. The summed E-state index contributed by atoms with van der Waals surface area (Å²) in [6, 6.07) is 46.3. The van der Waals surface area contributed by atoms with E-state index >= 15 is 0 Å². The van der Waals surface area contributed by atoms with E-state index in [-0.39, 0.29) is 32.8 Å². The molecule has 0 aliphatic carbocycles. The van der Waals surface area contributed by atoms with Crippen LogP contribution < -0.4 is 0 Å². The number of hydrogen-bond acceptors (Lipinski definition) is 11. The summed E-state index contributed by atoms with van der Waals surface area (Å²) in [4.78, 5) is 26.5. The average Bonchev–Trinajstić information content (AvgIpc) is 3.26. The van der Waals surface area contributed by atoms with Crippen LogP contribution in [0, 0.1) is 0 Å². The molecule has 9 atom stereocenters. The number of benzene rings is 5. The van der Waals surface area contributed by atoms with Crippen molar-refractivity contribution in [1.29, 1.82) is 0 Å². The third-order valence-corrected chi connectivity index (χ3v) is 10.1. The Balaban J connectivity index is 1.11. The molecule has 5 aromatic carbocycles. The molecule has 0 bridgehead atoms. The van der Waals surface area contributed by atoms with Gasteiger partial charge in [0.05, 0.1) is 43.7 Å². The van der Waals surface area contributed by atoms with Gasteiger partial charge < -0.3 is 43.0 Å². The largest absolute Gasteiger partial charge is 0.455 e. The van der Waals surface area contributed by atoms with E-state index in [0.29, 0.717) is 11.1 Å². The normalized spacial score (nSPS) is 25.7. The zero-order chi connectivity index (χ0) is 40.1. The third kappa shape index (κ3) is 11.0. The first kappa shape index (κ1) is 40.9. The second-order valence-corrected chi connectivity index (χ2v) is 14.2. The van der Waals surface area contributed by atoms with Gasteiger partial charge in [0.25, 0.3) is 0 Å². The predicted octanol–water partition coefficient (Wildman–Crippen LogP) is 7.06. The monoisotopic (exact) mass is 788 g/mol. The number of aliphatic hydroxyl groups is 1. The summed E-state index contributed by atoms with van der Waals surface area (Å²) >= 11 is 0. The average molecular weight is 789 g/mol. The van der Waals surface area contributed by atoms with Crippen molar-refractivity contribution in [2.45, 2.75) is 88.5 Å². The second-order valence-electron chi connectivity index (χ2n) is 14.2. The van der Waals surface area contributed by atoms with Crippen LogP contribution in [0.3, 0.4) is 0 Å². The van der Waals surface area contributed by atoms with Crippen LogP contribution in [0.1, 0.15) is 50.8 Å². The molecule has 0 saturated carbocycles. The maximum atomic E-state index is 13.3. The van der Waals surface area contributed by atoms with Crippen LogP contribution in [-0.2, 0) is 57.7 Å². The van der Waals surface area contributed by atoms with Crippen LogP contribution in [0.5, 0.6) is 0 Å². The smallest absolute Gasteiger partial charge is 0.338 e. The van der Waals surface area contributed by atoms with Crippen molar-refractivity contribution < 1.29 is 52.6 Å². The molecule has 2 aliphatic rings. The number of aliphatic hydroxyl groups excluding tert-OH is 1. The zero-order valence-corrected chi connectivity index (χ0v) is 32.2. The first-order valence-corrected chi connectivity index (χ1v) is 19.5. The highest BCUT2D eigenvalue weighted by molar-refractivity contribution is 5.90. The molecule has 5 aromatic rings. The van der Waals surface area contributed by atoms with Gasteiger partial charge in [-0.1, -0.05) is 127 Å². The Morgan fingerprint density at radius 1 is 0.534 bits per heavy atom. The fraction of sp³-hybridized carbons (Fsp3) is 0.319. The van der Waals surface area contributed by atoms with E-state index in [0.717, 1.165) is 16.7 Å².